The number of rotatable bonds is 6. The van der Waals surface area contributed by atoms with Crippen molar-refractivity contribution < 1.29 is 8.85 Å². The minimum Gasteiger partial charge on any atom is -0.394 e. The van der Waals surface area contributed by atoms with Crippen LogP contribution in [0.3, 0.4) is 0 Å². The number of hydrogen-bond donors (Lipinski definition) is 0. The molecule has 3 heteroatoms. The Bertz CT molecular complexity index is 204. The van der Waals surface area contributed by atoms with Crippen LogP contribution in [0.15, 0.2) is 0 Å². The summed E-state index contributed by atoms with van der Waals surface area (Å²) in [5, 5.41) is 0. The summed E-state index contributed by atoms with van der Waals surface area (Å²) in [5.41, 5.74) is 1.59. The summed E-state index contributed by atoms with van der Waals surface area (Å²) >= 11 is 0. The molecule has 2 fully saturated rings. The van der Waals surface area contributed by atoms with Crippen LogP contribution in [-0.2, 0) is 8.85 Å². The van der Waals surface area contributed by atoms with E-state index in [1.807, 2.05) is 0 Å². The molecule has 2 rings (SSSR count). The summed E-state index contributed by atoms with van der Waals surface area (Å²) in [7, 11) is -1.88. The van der Waals surface area contributed by atoms with E-state index in [1.54, 1.807) is 0 Å². The zero-order chi connectivity index (χ0) is 11.4. The van der Waals surface area contributed by atoms with Crippen LogP contribution in [0.4, 0.5) is 0 Å². The average molecular weight is 242 g/mol. The van der Waals surface area contributed by atoms with E-state index in [4.69, 9.17) is 8.85 Å². The van der Waals surface area contributed by atoms with Gasteiger partial charge in [0, 0.05) is 24.3 Å². The van der Waals surface area contributed by atoms with Crippen LogP contribution in [0.5, 0.6) is 0 Å². The molecule has 0 aromatic carbocycles. The van der Waals surface area contributed by atoms with Crippen molar-refractivity contribution in [3.05, 3.63) is 0 Å². The Morgan fingerprint density at radius 1 is 0.812 bits per heavy atom. The topological polar surface area (TPSA) is 18.5 Å². The van der Waals surface area contributed by atoms with Crippen LogP contribution < -0.4 is 0 Å². The summed E-state index contributed by atoms with van der Waals surface area (Å²) in [6, 6.07) is 0. The van der Waals surface area contributed by atoms with Gasteiger partial charge in [0.2, 0.25) is 0 Å². The predicted molar refractivity (Wildman–Crippen MR) is 68.8 cm³/mol. The molecule has 2 aliphatic carbocycles. The summed E-state index contributed by atoms with van der Waals surface area (Å²) in [5.74, 6) is 0. The van der Waals surface area contributed by atoms with Gasteiger partial charge in [-0.15, -0.1) is 0 Å². The zero-order valence-electron chi connectivity index (χ0n) is 10.8. The molecule has 2 saturated carbocycles. The maximum absolute atomic E-state index is 6.27. The van der Waals surface area contributed by atoms with Gasteiger partial charge in [-0.05, 0) is 39.5 Å². The SMILES string of the molecule is CCO[Si](OCC)(C1CCCC1)C1CCC1. The molecular formula is C13H26O2Si. The Balaban J connectivity index is 2.11. The summed E-state index contributed by atoms with van der Waals surface area (Å²) in [6.45, 7) is 5.96. The second-order valence-electron chi connectivity index (χ2n) is 5.20. The maximum Gasteiger partial charge on any atom is 0.344 e. The molecule has 16 heavy (non-hydrogen) atoms. The first-order valence-electron chi connectivity index (χ1n) is 7.11. The Morgan fingerprint density at radius 2 is 1.25 bits per heavy atom. The highest BCUT2D eigenvalue weighted by atomic mass is 28.4. The Morgan fingerprint density at radius 3 is 1.56 bits per heavy atom. The first kappa shape index (κ1) is 12.6. The third-order valence-electron chi connectivity index (χ3n) is 4.34. The smallest absolute Gasteiger partial charge is 0.344 e. The van der Waals surface area contributed by atoms with Gasteiger partial charge < -0.3 is 8.85 Å². The molecule has 2 aliphatic rings. The standard InChI is InChI=1S/C13H26O2Si/c1-3-14-16(15-4-2,13-10-7-11-13)12-8-5-6-9-12/h12-13H,3-11H2,1-2H3. The molecule has 0 atom stereocenters. The van der Waals surface area contributed by atoms with Gasteiger partial charge in [-0.2, -0.15) is 0 Å². The van der Waals surface area contributed by atoms with Crippen molar-refractivity contribution in [2.75, 3.05) is 13.2 Å². The molecule has 0 spiro atoms. The van der Waals surface area contributed by atoms with Crippen molar-refractivity contribution in [3.63, 3.8) is 0 Å². The summed E-state index contributed by atoms with van der Waals surface area (Å²) in [4.78, 5) is 0. The third-order valence-corrected chi connectivity index (χ3v) is 9.25. The molecule has 94 valence electrons. The van der Waals surface area contributed by atoms with Gasteiger partial charge >= 0.3 is 8.56 Å². The lowest BCUT2D eigenvalue weighted by Gasteiger charge is -2.45. The van der Waals surface area contributed by atoms with Crippen LogP contribution in [0.25, 0.3) is 0 Å². The molecule has 0 unspecified atom stereocenters. The monoisotopic (exact) mass is 242 g/mol. The highest BCUT2D eigenvalue weighted by molar-refractivity contribution is 6.70. The molecule has 0 aliphatic heterocycles. The fourth-order valence-corrected chi connectivity index (χ4v) is 8.46. The van der Waals surface area contributed by atoms with E-state index in [2.05, 4.69) is 13.8 Å². The first-order chi connectivity index (χ1) is 7.83. The van der Waals surface area contributed by atoms with E-state index < -0.39 is 8.56 Å². The lowest BCUT2D eigenvalue weighted by molar-refractivity contribution is 0.147. The molecule has 0 heterocycles. The highest BCUT2D eigenvalue weighted by Crippen LogP contribution is 2.52. The maximum atomic E-state index is 6.27. The van der Waals surface area contributed by atoms with Crippen LogP contribution >= 0.6 is 0 Å². The van der Waals surface area contributed by atoms with Crippen LogP contribution in [0.2, 0.25) is 11.1 Å². The van der Waals surface area contributed by atoms with Crippen molar-refractivity contribution in [1.29, 1.82) is 0 Å². The Labute approximate surface area is 101 Å². The molecule has 0 N–H and O–H groups in total. The normalized spacial score (nSPS) is 23.6. The molecule has 0 bridgehead atoms. The second kappa shape index (κ2) is 5.65. The second-order valence-corrected chi connectivity index (χ2v) is 8.85. The lowest BCUT2D eigenvalue weighted by Crippen LogP contribution is -2.52. The van der Waals surface area contributed by atoms with Crippen molar-refractivity contribution in [1.82, 2.24) is 0 Å². The van der Waals surface area contributed by atoms with Gasteiger partial charge in [0.15, 0.2) is 0 Å². The van der Waals surface area contributed by atoms with E-state index in [0.717, 1.165) is 24.3 Å². The minimum absolute atomic E-state index is 0.790. The molecule has 2 nitrogen and oxygen atoms in total. The fraction of sp³-hybridized carbons (Fsp3) is 1.00. The first-order valence-corrected chi connectivity index (χ1v) is 9.08. The molecular weight excluding hydrogens is 216 g/mol. The minimum atomic E-state index is -1.88. The lowest BCUT2D eigenvalue weighted by atomic mass is 10.00. The van der Waals surface area contributed by atoms with Crippen LogP contribution in [0, 0.1) is 0 Å². The van der Waals surface area contributed by atoms with Gasteiger partial charge in [0.05, 0.1) is 0 Å². The van der Waals surface area contributed by atoms with E-state index in [1.165, 1.54) is 44.9 Å². The van der Waals surface area contributed by atoms with Gasteiger partial charge in [0.25, 0.3) is 0 Å². The molecule has 0 saturated heterocycles. The Hall–Kier alpha value is 0.137. The largest absolute Gasteiger partial charge is 0.394 e. The van der Waals surface area contributed by atoms with E-state index in [0.29, 0.717) is 0 Å². The van der Waals surface area contributed by atoms with Crippen molar-refractivity contribution >= 4 is 8.56 Å². The fourth-order valence-electron chi connectivity index (χ4n) is 3.44. The van der Waals surface area contributed by atoms with Crippen LogP contribution in [-0.4, -0.2) is 21.8 Å². The van der Waals surface area contributed by atoms with Gasteiger partial charge in [0.1, 0.15) is 0 Å². The highest BCUT2D eigenvalue weighted by Gasteiger charge is 2.54. The van der Waals surface area contributed by atoms with Gasteiger partial charge in [-0.1, -0.05) is 19.3 Å². The van der Waals surface area contributed by atoms with Crippen molar-refractivity contribution in [2.45, 2.75) is 69.9 Å². The molecule has 0 amide bonds. The predicted octanol–water partition coefficient (Wildman–Crippen LogP) is 4.00. The molecule has 0 aromatic heterocycles. The van der Waals surface area contributed by atoms with E-state index in [9.17, 15) is 0 Å². The van der Waals surface area contributed by atoms with Gasteiger partial charge in [-0.3, -0.25) is 0 Å². The Kier molecular flexibility index (Phi) is 4.45. The van der Waals surface area contributed by atoms with Crippen molar-refractivity contribution in [2.24, 2.45) is 0 Å². The van der Waals surface area contributed by atoms with Gasteiger partial charge in [-0.25, -0.2) is 0 Å². The summed E-state index contributed by atoms with van der Waals surface area (Å²) in [6.07, 6.45) is 9.64. The average Bonchev–Trinajstić information content (AvgIpc) is 2.68. The third kappa shape index (κ3) is 2.22. The molecule has 0 aromatic rings. The summed E-state index contributed by atoms with van der Waals surface area (Å²) < 4.78 is 12.5. The van der Waals surface area contributed by atoms with E-state index in [-0.39, 0.29) is 0 Å². The molecule has 0 radical (unpaired) electrons. The van der Waals surface area contributed by atoms with Crippen molar-refractivity contribution in [3.8, 4) is 0 Å². The van der Waals surface area contributed by atoms with Crippen LogP contribution in [0.1, 0.15) is 58.8 Å². The quantitative estimate of drug-likeness (QED) is 0.655. The van der Waals surface area contributed by atoms with E-state index >= 15 is 0 Å². The number of hydrogen-bond acceptors (Lipinski definition) is 2. The zero-order valence-corrected chi connectivity index (χ0v) is 11.8.